The van der Waals surface area contributed by atoms with Crippen molar-refractivity contribution in [3.63, 3.8) is 0 Å². The number of rotatable bonds is 4. The van der Waals surface area contributed by atoms with E-state index in [1.807, 2.05) is 19.1 Å². The Bertz CT molecular complexity index is 580. The Morgan fingerprint density at radius 2 is 2.05 bits per heavy atom. The van der Waals surface area contributed by atoms with Crippen LogP contribution in [0.25, 0.3) is 0 Å². The van der Waals surface area contributed by atoms with Crippen molar-refractivity contribution in [2.45, 2.75) is 38.4 Å². The standard InChI is InChI=1S/C17H20O5/c1-2-20-13-5-3-4-6-14(13)22-16-10-21-15-9-11(18)7-8-12(15)17(16)19/h3-6,10-12,15,18H,2,7-9H2,1H3. The Balaban J connectivity index is 1.77. The van der Waals surface area contributed by atoms with E-state index in [1.54, 1.807) is 12.1 Å². The van der Waals surface area contributed by atoms with Gasteiger partial charge in [-0.3, -0.25) is 4.79 Å². The number of hydrogen-bond acceptors (Lipinski definition) is 5. The van der Waals surface area contributed by atoms with Crippen molar-refractivity contribution < 1.29 is 24.1 Å². The fourth-order valence-corrected chi connectivity index (χ4v) is 2.95. The molecule has 2 aliphatic rings. The number of ether oxygens (including phenoxy) is 3. The zero-order valence-electron chi connectivity index (χ0n) is 12.5. The number of benzene rings is 1. The minimum absolute atomic E-state index is 0.0607. The first-order valence-electron chi connectivity index (χ1n) is 7.66. The molecule has 1 aromatic rings. The zero-order valence-corrected chi connectivity index (χ0v) is 12.5. The number of fused-ring (bicyclic) bond motifs is 1. The maximum Gasteiger partial charge on any atom is 0.208 e. The van der Waals surface area contributed by atoms with Gasteiger partial charge in [-0.25, -0.2) is 0 Å². The molecule has 0 aromatic heterocycles. The average Bonchev–Trinajstić information content (AvgIpc) is 2.52. The highest BCUT2D eigenvalue weighted by Gasteiger charge is 2.40. The molecular formula is C17H20O5. The molecule has 118 valence electrons. The lowest BCUT2D eigenvalue weighted by atomic mass is 9.80. The molecule has 0 spiro atoms. The molecule has 1 aliphatic carbocycles. The highest BCUT2D eigenvalue weighted by molar-refractivity contribution is 5.96. The van der Waals surface area contributed by atoms with Crippen LogP contribution < -0.4 is 9.47 Å². The maximum absolute atomic E-state index is 12.5. The van der Waals surface area contributed by atoms with Crippen molar-refractivity contribution >= 4 is 5.78 Å². The van der Waals surface area contributed by atoms with Gasteiger partial charge in [0.1, 0.15) is 12.4 Å². The summed E-state index contributed by atoms with van der Waals surface area (Å²) >= 11 is 0. The molecule has 0 radical (unpaired) electrons. The Kier molecular flexibility index (Phi) is 4.34. The van der Waals surface area contributed by atoms with E-state index in [0.29, 0.717) is 37.4 Å². The van der Waals surface area contributed by atoms with Crippen molar-refractivity contribution in [3.05, 3.63) is 36.3 Å². The fourth-order valence-electron chi connectivity index (χ4n) is 2.95. The van der Waals surface area contributed by atoms with Crippen LogP contribution in [0.3, 0.4) is 0 Å². The minimum atomic E-state index is -0.386. The number of aliphatic hydroxyl groups is 1. The lowest BCUT2D eigenvalue weighted by Crippen LogP contribution is -2.41. The Morgan fingerprint density at radius 1 is 1.27 bits per heavy atom. The van der Waals surface area contributed by atoms with E-state index in [1.165, 1.54) is 6.26 Å². The number of aliphatic hydroxyl groups excluding tert-OH is 1. The van der Waals surface area contributed by atoms with Gasteiger partial charge < -0.3 is 19.3 Å². The maximum atomic E-state index is 12.5. The number of para-hydroxylation sites is 2. The number of Topliss-reactive ketones (excluding diaryl/α,β-unsaturated/α-hetero) is 1. The third-order valence-electron chi connectivity index (χ3n) is 4.06. The summed E-state index contributed by atoms with van der Waals surface area (Å²) in [6, 6.07) is 7.24. The molecule has 3 atom stereocenters. The topological polar surface area (TPSA) is 65.0 Å². The Morgan fingerprint density at radius 3 is 2.82 bits per heavy atom. The first-order valence-corrected chi connectivity index (χ1v) is 7.66. The van der Waals surface area contributed by atoms with E-state index in [0.717, 1.165) is 0 Å². The predicted octanol–water partition coefficient (Wildman–Crippen LogP) is 2.43. The molecule has 1 saturated carbocycles. The van der Waals surface area contributed by atoms with Gasteiger partial charge in [-0.1, -0.05) is 12.1 Å². The van der Waals surface area contributed by atoms with Crippen LogP contribution in [0, 0.1) is 5.92 Å². The van der Waals surface area contributed by atoms with Crippen LogP contribution in [0.2, 0.25) is 0 Å². The molecule has 1 heterocycles. The third-order valence-corrected chi connectivity index (χ3v) is 4.06. The molecule has 0 bridgehead atoms. The van der Waals surface area contributed by atoms with Crippen LogP contribution >= 0.6 is 0 Å². The van der Waals surface area contributed by atoms with Crippen LogP contribution in [0.4, 0.5) is 0 Å². The van der Waals surface area contributed by atoms with E-state index in [4.69, 9.17) is 14.2 Å². The predicted molar refractivity (Wildman–Crippen MR) is 79.5 cm³/mol. The molecule has 0 amide bonds. The highest BCUT2D eigenvalue weighted by Crippen LogP contribution is 2.35. The lowest BCUT2D eigenvalue weighted by molar-refractivity contribution is -0.132. The van der Waals surface area contributed by atoms with Gasteiger partial charge in [0.25, 0.3) is 0 Å². The van der Waals surface area contributed by atoms with Gasteiger partial charge in [0, 0.05) is 6.42 Å². The summed E-state index contributed by atoms with van der Waals surface area (Å²) in [4.78, 5) is 12.5. The van der Waals surface area contributed by atoms with Gasteiger partial charge in [0.2, 0.25) is 11.5 Å². The normalized spacial score (nSPS) is 27.5. The number of carbonyl (C=O) groups excluding carboxylic acids is 1. The van der Waals surface area contributed by atoms with Gasteiger partial charge in [-0.2, -0.15) is 0 Å². The second-order valence-electron chi connectivity index (χ2n) is 5.58. The summed E-state index contributed by atoms with van der Waals surface area (Å²) in [5, 5.41) is 9.67. The molecule has 1 fully saturated rings. The summed E-state index contributed by atoms with van der Waals surface area (Å²) in [5.41, 5.74) is 0. The second-order valence-corrected chi connectivity index (χ2v) is 5.58. The van der Waals surface area contributed by atoms with E-state index >= 15 is 0 Å². The zero-order chi connectivity index (χ0) is 15.5. The van der Waals surface area contributed by atoms with Gasteiger partial charge in [-0.15, -0.1) is 0 Å². The molecule has 22 heavy (non-hydrogen) atoms. The smallest absolute Gasteiger partial charge is 0.208 e. The largest absolute Gasteiger partial charge is 0.493 e. The monoisotopic (exact) mass is 304 g/mol. The highest BCUT2D eigenvalue weighted by atomic mass is 16.5. The Labute approximate surface area is 129 Å². The van der Waals surface area contributed by atoms with Gasteiger partial charge in [0.05, 0.1) is 18.6 Å². The summed E-state index contributed by atoms with van der Waals surface area (Å²) < 4.78 is 16.8. The van der Waals surface area contributed by atoms with Crippen molar-refractivity contribution in [1.29, 1.82) is 0 Å². The van der Waals surface area contributed by atoms with Crippen LogP contribution in [0.5, 0.6) is 11.5 Å². The fraction of sp³-hybridized carbons (Fsp3) is 0.471. The van der Waals surface area contributed by atoms with E-state index in [2.05, 4.69) is 0 Å². The number of ketones is 1. The molecule has 1 N–H and O–H groups in total. The van der Waals surface area contributed by atoms with Crippen molar-refractivity contribution in [1.82, 2.24) is 0 Å². The second kappa shape index (κ2) is 6.40. The van der Waals surface area contributed by atoms with Crippen molar-refractivity contribution in [2.24, 2.45) is 5.92 Å². The molecule has 3 rings (SSSR count). The number of hydrogen-bond donors (Lipinski definition) is 1. The van der Waals surface area contributed by atoms with Crippen molar-refractivity contribution in [3.8, 4) is 11.5 Å². The molecule has 5 heteroatoms. The van der Waals surface area contributed by atoms with Crippen molar-refractivity contribution in [2.75, 3.05) is 6.61 Å². The first kappa shape index (κ1) is 14.9. The number of allylic oxidation sites excluding steroid dienone is 1. The number of carbonyl (C=O) groups is 1. The van der Waals surface area contributed by atoms with Gasteiger partial charge >= 0.3 is 0 Å². The van der Waals surface area contributed by atoms with Crippen LogP contribution in [-0.2, 0) is 9.53 Å². The van der Waals surface area contributed by atoms with Gasteiger partial charge in [0.15, 0.2) is 11.5 Å². The molecule has 5 nitrogen and oxygen atoms in total. The molecular weight excluding hydrogens is 284 g/mol. The summed E-state index contributed by atoms with van der Waals surface area (Å²) in [5.74, 6) is 1.00. The molecule has 1 aliphatic heterocycles. The third kappa shape index (κ3) is 2.95. The van der Waals surface area contributed by atoms with E-state index < -0.39 is 0 Å². The summed E-state index contributed by atoms with van der Waals surface area (Å²) in [6.07, 6.45) is 2.48. The van der Waals surface area contributed by atoms with Crippen LogP contribution in [0.1, 0.15) is 26.2 Å². The van der Waals surface area contributed by atoms with Gasteiger partial charge in [-0.05, 0) is 31.9 Å². The Hall–Kier alpha value is -2.01. The quantitative estimate of drug-likeness (QED) is 0.925. The SMILES string of the molecule is CCOc1ccccc1OC1=COC2CC(O)CCC2C1=O. The van der Waals surface area contributed by atoms with Crippen LogP contribution in [-0.4, -0.2) is 29.7 Å². The lowest BCUT2D eigenvalue weighted by Gasteiger charge is -2.35. The molecule has 1 aromatic carbocycles. The molecule has 0 saturated heterocycles. The summed E-state index contributed by atoms with van der Waals surface area (Å²) in [6.45, 7) is 2.41. The van der Waals surface area contributed by atoms with E-state index in [9.17, 15) is 9.90 Å². The first-order chi connectivity index (χ1) is 10.7. The van der Waals surface area contributed by atoms with Crippen LogP contribution in [0.15, 0.2) is 36.3 Å². The minimum Gasteiger partial charge on any atom is -0.493 e. The van der Waals surface area contributed by atoms with E-state index in [-0.39, 0.29) is 29.7 Å². The molecule has 3 unspecified atom stereocenters. The summed E-state index contributed by atoms with van der Waals surface area (Å²) in [7, 11) is 0. The average molecular weight is 304 g/mol.